The van der Waals surface area contributed by atoms with Gasteiger partial charge in [0.15, 0.2) is 0 Å². The topological polar surface area (TPSA) is 49.4 Å². The molecule has 2 amide bonds. The number of carbonyl (C=O) groups excluding carboxylic acids is 2. The second-order valence-corrected chi connectivity index (χ2v) is 4.06. The van der Waals surface area contributed by atoms with Crippen molar-refractivity contribution >= 4 is 11.8 Å². The Kier molecular flexibility index (Phi) is 2.63. The summed E-state index contributed by atoms with van der Waals surface area (Å²) in [6, 6.07) is -0.287. The van der Waals surface area contributed by atoms with Crippen LogP contribution in [0.15, 0.2) is 0 Å². The van der Waals surface area contributed by atoms with Crippen LogP contribution in [0, 0.1) is 18.3 Å². The summed E-state index contributed by atoms with van der Waals surface area (Å²) in [5, 5.41) is 2.78. The van der Waals surface area contributed by atoms with Crippen molar-refractivity contribution in [2.24, 2.45) is 5.92 Å². The Bertz CT molecular complexity index is 332. The highest BCUT2D eigenvalue weighted by Crippen LogP contribution is 2.22. The van der Waals surface area contributed by atoms with E-state index < -0.39 is 0 Å². The summed E-state index contributed by atoms with van der Waals surface area (Å²) in [6.07, 6.45) is 7.37. The third-order valence-electron chi connectivity index (χ3n) is 3.03. The van der Waals surface area contributed by atoms with E-state index in [1.807, 2.05) is 0 Å². The summed E-state index contributed by atoms with van der Waals surface area (Å²) in [5.74, 6) is 2.54. The van der Waals surface area contributed by atoms with E-state index in [1.54, 1.807) is 4.90 Å². The lowest BCUT2D eigenvalue weighted by Gasteiger charge is -2.30. The van der Waals surface area contributed by atoms with Crippen molar-refractivity contribution in [3.05, 3.63) is 0 Å². The van der Waals surface area contributed by atoms with Gasteiger partial charge in [0.05, 0.1) is 0 Å². The molecule has 0 aromatic rings. The quantitative estimate of drug-likeness (QED) is 0.601. The molecule has 4 heteroatoms. The van der Waals surface area contributed by atoms with E-state index in [4.69, 9.17) is 6.42 Å². The van der Waals surface area contributed by atoms with Crippen molar-refractivity contribution in [1.29, 1.82) is 0 Å². The average molecular weight is 206 g/mol. The maximum absolute atomic E-state index is 11.6. The minimum atomic E-state index is -0.287. The number of amides is 2. The maximum atomic E-state index is 11.6. The Balaban J connectivity index is 2.07. The van der Waals surface area contributed by atoms with Gasteiger partial charge in [-0.3, -0.25) is 9.59 Å². The Morgan fingerprint density at radius 3 is 2.87 bits per heavy atom. The van der Waals surface area contributed by atoms with Gasteiger partial charge in [-0.15, -0.1) is 12.3 Å². The molecule has 1 N–H and O–H groups in total. The number of carbonyl (C=O) groups is 2. The molecule has 0 spiro atoms. The molecule has 2 unspecified atom stereocenters. The maximum Gasteiger partial charge on any atom is 0.242 e. The summed E-state index contributed by atoms with van der Waals surface area (Å²) in [7, 11) is 0. The van der Waals surface area contributed by atoms with Crippen LogP contribution in [0.2, 0.25) is 0 Å². The third kappa shape index (κ3) is 1.82. The molecule has 0 saturated carbocycles. The zero-order chi connectivity index (χ0) is 10.8. The Morgan fingerprint density at radius 1 is 1.47 bits per heavy atom. The smallest absolute Gasteiger partial charge is 0.242 e. The summed E-state index contributed by atoms with van der Waals surface area (Å²) in [6.45, 7) is 1.25. The standard InChI is InChI=1S/C11H14N2O2/c1-2-8-6-10(14)13(7-8)9-4-3-5-12-11(9)15/h1,8-9H,3-7H2,(H,12,15). The van der Waals surface area contributed by atoms with E-state index in [9.17, 15) is 9.59 Å². The van der Waals surface area contributed by atoms with E-state index in [2.05, 4.69) is 11.2 Å². The van der Waals surface area contributed by atoms with Crippen LogP contribution in [-0.4, -0.2) is 35.8 Å². The van der Waals surface area contributed by atoms with Crippen LogP contribution >= 0.6 is 0 Å². The number of hydrogen-bond donors (Lipinski definition) is 1. The van der Waals surface area contributed by atoms with Gasteiger partial charge in [-0.05, 0) is 12.8 Å². The molecule has 0 aliphatic carbocycles. The lowest BCUT2D eigenvalue weighted by molar-refractivity contribution is -0.138. The number of terminal acetylenes is 1. The Labute approximate surface area is 89.0 Å². The fraction of sp³-hybridized carbons (Fsp3) is 0.636. The van der Waals surface area contributed by atoms with E-state index in [1.165, 1.54) is 0 Å². The molecule has 2 rings (SSSR count). The summed E-state index contributed by atoms with van der Waals surface area (Å²) in [5.41, 5.74) is 0. The fourth-order valence-electron chi connectivity index (χ4n) is 2.20. The van der Waals surface area contributed by atoms with Crippen molar-refractivity contribution in [3.8, 4) is 12.3 Å². The first-order chi connectivity index (χ1) is 7.22. The second-order valence-electron chi connectivity index (χ2n) is 4.06. The van der Waals surface area contributed by atoms with Crippen LogP contribution in [0.1, 0.15) is 19.3 Å². The Hall–Kier alpha value is -1.50. The molecular formula is C11H14N2O2. The number of rotatable bonds is 1. The van der Waals surface area contributed by atoms with Gasteiger partial charge in [0.25, 0.3) is 0 Å². The van der Waals surface area contributed by atoms with Gasteiger partial charge < -0.3 is 10.2 Å². The summed E-state index contributed by atoms with van der Waals surface area (Å²) < 4.78 is 0. The molecule has 15 heavy (non-hydrogen) atoms. The average Bonchev–Trinajstić information content (AvgIpc) is 2.60. The predicted molar refractivity (Wildman–Crippen MR) is 54.7 cm³/mol. The molecule has 0 aromatic heterocycles. The lowest BCUT2D eigenvalue weighted by Crippen LogP contribution is -2.51. The minimum absolute atomic E-state index is 0.0139. The zero-order valence-electron chi connectivity index (χ0n) is 8.53. The molecule has 0 radical (unpaired) electrons. The van der Waals surface area contributed by atoms with E-state index in [0.717, 1.165) is 19.4 Å². The molecule has 0 bridgehead atoms. The van der Waals surface area contributed by atoms with Crippen LogP contribution < -0.4 is 5.32 Å². The van der Waals surface area contributed by atoms with Crippen molar-refractivity contribution in [2.45, 2.75) is 25.3 Å². The number of nitrogens with one attached hydrogen (secondary N) is 1. The van der Waals surface area contributed by atoms with E-state index >= 15 is 0 Å². The molecule has 2 aliphatic rings. The monoisotopic (exact) mass is 206 g/mol. The van der Waals surface area contributed by atoms with Crippen LogP contribution in [0.5, 0.6) is 0 Å². The minimum Gasteiger partial charge on any atom is -0.354 e. The SMILES string of the molecule is C#CC1CC(=O)N(C2CCCNC2=O)C1. The second kappa shape index (κ2) is 3.93. The first-order valence-corrected chi connectivity index (χ1v) is 5.25. The first-order valence-electron chi connectivity index (χ1n) is 5.25. The normalized spacial score (nSPS) is 31.3. The molecule has 2 heterocycles. The number of likely N-dealkylation sites (tertiary alicyclic amines) is 1. The highest BCUT2D eigenvalue weighted by molar-refractivity contribution is 5.89. The van der Waals surface area contributed by atoms with Crippen molar-refractivity contribution < 1.29 is 9.59 Å². The molecule has 2 atom stereocenters. The molecule has 4 nitrogen and oxygen atoms in total. The van der Waals surface area contributed by atoms with Gasteiger partial charge in [-0.2, -0.15) is 0 Å². The van der Waals surface area contributed by atoms with Gasteiger partial charge in [0.1, 0.15) is 6.04 Å². The van der Waals surface area contributed by atoms with Crippen LogP contribution in [0.4, 0.5) is 0 Å². The van der Waals surface area contributed by atoms with E-state index in [0.29, 0.717) is 13.0 Å². The summed E-state index contributed by atoms with van der Waals surface area (Å²) in [4.78, 5) is 24.8. The zero-order valence-corrected chi connectivity index (χ0v) is 8.53. The summed E-state index contributed by atoms with van der Waals surface area (Å²) >= 11 is 0. The van der Waals surface area contributed by atoms with E-state index in [-0.39, 0.29) is 23.8 Å². The third-order valence-corrected chi connectivity index (χ3v) is 3.03. The van der Waals surface area contributed by atoms with Crippen LogP contribution in [0.25, 0.3) is 0 Å². The molecular weight excluding hydrogens is 192 g/mol. The Morgan fingerprint density at radius 2 is 2.27 bits per heavy atom. The van der Waals surface area contributed by atoms with Gasteiger partial charge in [-0.1, -0.05) is 0 Å². The number of hydrogen-bond acceptors (Lipinski definition) is 2. The van der Waals surface area contributed by atoms with Gasteiger partial charge in [0.2, 0.25) is 11.8 Å². The molecule has 0 aromatic carbocycles. The van der Waals surface area contributed by atoms with Crippen LogP contribution in [-0.2, 0) is 9.59 Å². The van der Waals surface area contributed by atoms with Gasteiger partial charge >= 0.3 is 0 Å². The molecule has 80 valence electrons. The van der Waals surface area contributed by atoms with Crippen molar-refractivity contribution in [3.63, 3.8) is 0 Å². The lowest BCUT2D eigenvalue weighted by atomic mass is 10.1. The molecule has 2 saturated heterocycles. The van der Waals surface area contributed by atoms with Gasteiger partial charge in [-0.25, -0.2) is 0 Å². The fourth-order valence-corrected chi connectivity index (χ4v) is 2.20. The predicted octanol–water partition coefficient (Wildman–Crippen LogP) is -0.253. The van der Waals surface area contributed by atoms with Crippen molar-refractivity contribution in [1.82, 2.24) is 10.2 Å². The highest BCUT2D eigenvalue weighted by Gasteiger charge is 2.37. The van der Waals surface area contributed by atoms with Crippen LogP contribution in [0.3, 0.4) is 0 Å². The number of nitrogens with zero attached hydrogens (tertiary/aromatic N) is 1. The molecule has 2 aliphatic heterocycles. The largest absolute Gasteiger partial charge is 0.354 e. The molecule has 2 fully saturated rings. The van der Waals surface area contributed by atoms with Gasteiger partial charge in [0, 0.05) is 25.4 Å². The van der Waals surface area contributed by atoms with Crippen molar-refractivity contribution in [2.75, 3.05) is 13.1 Å². The first kappa shape index (κ1) is 10.0. The highest BCUT2D eigenvalue weighted by atomic mass is 16.2. The number of piperidine rings is 1.